The maximum absolute atomic E-state index is 12.9. The summed E-state index contributed by atoms with van der Waals surface area (Å²) in [7, 11) is 1.53. The van der Waals surface area contributed by atoms with Gasteiger partial charge in [0.2, 0.25) is 11.7 Å². The van der Waals surface area contributed by atoms with Crippen molar-refractivity contribution < 1.29 is 28.2 Å². The summed E-state index contributed by atoms with van der Waals surface area (Å²) in [5.41, 5.74) is 0.871. The van der Waals surface area contributed by atoms with Crippen LogP contribution in [0.2, 0.25) is 0 Å². The number of ether oxygens (including phenoxy) is 2. The number of hydrogen-bond acceptors (Lipinski definition) is 6. The van der Waals surface area contributed by atoms with Gasteiger partial charge in [-0.1, -0.05) is 0 Å². The van der Waals surface area contributed by atoms with Gasteiger partial charge < -0.3 is 14.8 Å². The molecule has 29 heavy (non-hydrogen) atoms. The van der Waals surface area contributed by atoms with Crippen molar-refractivity contribution in [3.8, 4) is 5.75 Å². The van der Waals surface area contributed by atoms with E-state index < -0.39 is 23.1 Å². The van der Waals surface area contributed by atoms with E-state index in [0.29, 0.717) is 17.0 Å². The molecule has 2 atom stereocenters. The fraction of sp³-hybridized carbons (Fsp3) is 0.286. The van der Waals surface area contributed by atoms with Gasteiger partial charge in [0.25, 0.3) is 0 Å². The number of halogens is 1. The van der Waals surface area contributed by atoms with Crippen LogP contribution in [-0.2, 0) is 14.3 Å². The van der Waals surface area contributed by atoms with Crippen LogP contribution in [-0.4, -0.2) is 41.9 Å². The highest BCUT2D eigenvalue weighted by molar-refractivity contribution is 8.01. The van der Waals surface area contributed by atoms with Crippen LogP contribution < -0.4 is 10.1 Å². The molecular weight excluding hydrogens is 397 g/mol. The van der Waals surface area contributed by atoms with Crippen molar-refractivity contribution in [3.63, 3.8) is 0 Å². The summed E-state index contributed by atoms with van der Waals surface area (Å²) in [6.07, 6.45) is -0.952. The highest BCUT2D eigenvalue weighted by Crippen LogP contribution is 2.17. The lowest BCUT2D eigenvalue weighted by Gasteiger charge is -2.16. The van der Waals surface area contributed by atoms with E-state index in [4.69, 9.17) is 9.47 Å². The fourth-order valence-electron chi connectivity index (χ4n) is 2.31. The molecule has 0 saturated heterocycles. The molecule has 0 unspecified atom stereocenters. The molecule has 0 bridgehead atoms. The number of amides is 1. The first kappa shape index (κ1) is 22.4. The number of carbonyl (C=O) groups excluding carboxylic acids is 3. The van der Waals surface area contributed by atoms with E-state index in [1.165, 1.54) is 38.3 Å². The SMILES string of the molecule is COc1ccc(C(=O)[C@H](C)OC(=O)[C@H](C)SCC(=O)Nc2ccc(F)cc2)cc1. The number of methoxy groups -OCH3 is 1. The molecule has 154 valence electrons. The molecule has 0 heterocycles. The molecule has 0 radical (unpaired) electrons. The van der Waals surface area contributed by atoms with Gasteiger partial charge in [-0.25, -0.2) is 4.39 Å². The topological polar surface area (TPSA) is 81.7 Å². The Morgan fingerprint density at radius 3 is 2.24 bits per heavy atom. The van der Waals surface area contributed by atoms with Gasteiger partial charge in [-0.15, -0.1) is 11.8 Å². The summed E-state index contributed by atoms with van der Waals surface area (Å²) < 4.78 is 23.2. The maximum atomic E-state index is 12.9. The van der Waals surface area contributed by atoms with Crippen LogP contribution >= 0.6 is 11.8 Å². The highest BCUT2D eigenvalue weighted by atomic mass is 32.2. The number of benzene rings is 2. The van der Waals surface area contributed by atoms with Gasteiger partial charge in [-0.2, -0.15) is 0 Å². The number of ketones is 1. The summed E-state index contributed by atoms with van der Waals surface area (Å²) in [6, 6.07) is 11.9. The Hall–Kier alpha value is -2.87. The lowest BCUT2D eigenvalue weighted by molar-refractivity contribution is -0.145. The smallest absolute Gasteiger partial charge is 0.319 e. The number of nitrogens with one attached hydrogen (secondary N) is 1. The van der Waals surface area contributed by atoms with Gasteiger partial charge >= 0.3 is 5.97 Å². The van der Waals surface area contributed by atoms with Crippen molar-refractivity contribution in [2.45, 2.75) is 25.2 Å². The van der Waals surface area contributed by atoms with Crippen LogP contribution in [0.25, 0.3) is 0 Å². The first-order chi connectivity index (χ1) is 13.8. The number of hydrogen-bond donors (Lipinski definition) is 1. The van der Waals surface area contributed by atoms with Gasteiger partial charge in [0.15, 0.2) is 6.10 Å². The van der Waals surface area contributed by atoms with Crippen molar-refractivity contribution in [2.75, 3.05) is 18.2 Å². The minimum Gasteiger partial charge on any atom is -0.497 e. The van der Waals surface area contributed by atoms with Crippen molar-refractivity contribution in [3.05, 3.63) is 59.9 Å². The Morgan fingerprint density at radius 1 is 1.03 bits per heavy atom. The molecule has 8 heteroatoms. The van der Waals surface area contributed by atoms with Crippen LogP contribution in [0.15, 0.2) is 48.5 Å². The zero-order valence-electron chi connectivity index (χ0n) is 16.3. The van der Waals surface area contributed by atoms with Crippen molar-refractivity contribution >= 4 is 35.1 Å². The Morgan fingerprint density at radius 2 is 1.66 bits per heavy atom. The summed E-state index contributed by atoms with van der Waals surface area (Å²) in [6.45, 7) is 3.10. The second-order valence-corrected chi connectivity index (χ2v) is 7.51. The second-order valence-electron chi connectivity index (χ2n) is 6.18. The number of esters is 1. The molecule has 0 aliphatic carbocycles. The maximum Gasteiger partial charge on any atom is 0.319 e. The van der Waals surface area contributed by atoms with Gasteiger partial charge in [0, 0.05) is 11.3 Å². The van der Waals surface area contributed by atoms with E-state index in [2.05, 4.69) is 5.32 Å². The van der Waals surface area contributed by atoms with Crippen LogP contribution in [0.1, 0.15) is 24.2 Å². The van der Waals surface area contributed by atoms with E-state index in [-0.39, 0.29) is 17.4 Å². The Labute approximate surface area is 172 Å². The molecule has 0 saturated carbocycles. The average molecular weight is 419 g/mol. The van der Waals surface area contributed by atoms with Crippen LogP contribution in [0.4, 0.5) is 10.1 Å². The van der Waals surface area contributed by atoms with Gasteiger partial charge in [-0.3, -0.25) is 14.4 Å². The van der Waals surface area contributed by atoms with E-state index in [1.54, 1.807) is 31.2 Å². The van der Waals surface area contributed by atoms with Crippen molar-refractivity contribution in [1.29, 1.82) is 0 Å². The monoisotopic (exact) mass is 419 g/mol. The van der Waals surface area contributed by atoms with Gasteiger partial charge in [0.1, 0.15) is 16.8 Å². The fourth-order valence-corrected chi connectivity index (χ4v) is 2.98. The molecule has 0 aliphatic rings. The van der Waals surface area contributed by atoms with E-state index in [1.807, 2.05) is 0 Å². The molecule has 0 aliphatic heterocycles. The predicted octanol–water partition coefficient (Wildman–Crippen LogP) is 3.71. The molecule has 2 rings (SSSR count). The Kier molecular flexibility index (Phi) is 8.21. The zero-order chi connectivity index (χ0) is 21.4. The Balaban J connectivity index is 1.80. The molecule has 6 nitrogen and oxygen atoms in total. The summed E-state index contributed by atoms with van der Waals surface area (Å²) in [5.74, 6) is -1.01. The van der Waals surface area contributed by atoms with Gasteiger partial charge in [-0.05, 0) is 62.4 Å². The summed E-state index contributed by atoms with van der Waals surface area (Å²) >= 11 is 1.08. The van der Waals surface area contributed by atoms with E-state index >= 15 is 0 Å². The molecule has 2 aromatic carbocycles. The average Bonchev–Trinajstić information content (AvgIpc) is 2.73. The first-order valence-electron chi connectivity index (χ1n) is 8.86. The number of Topliss-reactive ketones (excluding diaryl/α,β-unsaturated/α-hetero) is 1. The first-order valence-corrected chi connectivity index (χ1v) is 9.91. The normalized spacial score (nSPS) is 12.6. The Bertz CT molecular complexity index is 854. The number of thioether (sulfide) groups is 1. The van der Waals surface area contributed by atoms with Crippen molar-refractivity contribution in [2.24, 2.45) is 0 Å². The number of rotatable bonds is 9. The van der Waals surface area contributed by atoms with Gasteiger partial charge in [0.05, 0.1) is 12.9 Å². The quantitative estimate of drug-likeness (QED) is 0.493. The van der Waals surface area contributed by atoms with Crippen LogP contribution in [0.3, 0.4) is 0 Å². The summed E-state index contributed by atoms with van der Waals surface area (Å²) in [5, 5.41) is 1.97. The van der Waals surface area contributed by atoms with Crippen LogP contribution in [0.5, 0.6) is 5.75 Å². The standard InChI is InChI=1S/C21H22FNO5S/c1-13(20(25)15-4-10-18(27-3)11-5-15)28-21(26)14(2)29-12-19(24)23-17-8-6-16(22)7-9-17/h4-11,13-14H,12H2,1-3H3,(H,23,24)/t13-,14-/m0/s1. The second kappa shape index (κ2) is 10.6. The molecule has 0 fully saturated rings. The molecule has 2 aromatic rings. The predicted molar refractivity (Wildman–Crippen MR) is 110 cm³/mol. The number of anilines is 1. The zero-order valence-corrected chi connectivity index (χ0v) is 17.1. The van der Waals surface area contributed by atoms with E-state index in [9.17, 15) is 18.8 Å². The number of carbonyl (C=O) groups is 3. The highest BCUT2D eigenvalue weighted by Gasteiger charge is 2.24. The minimum atomic E-state index is -0.952. The molecular formula is C21H22FNO5S. The third-order valence-corrected chi connectivity index (χ3v) is 5.08. The third-order valence-electron chi connectivity index (χ3n) is 3.96. The minimum absolute atomic E-state index is 0.00838. The van der Waals surface area contributed by atoms with Crippen molar-refractivity contribution in [1.82, 2.24) is 0 Å². The molecule has 1 N–H and O–H groups in total. The van der Waals surface area contributed by atoms with E-state index in [0.717, 1.165) is 11.8 Å². The largest absolute Gasteiger partial charge is 0.497 e. The lowest BCUT2D eigenvalue weighted by Crippen LogP contribution is -2.29. The molecule has 1 amide bonds. The summed E-state index contributed by atoms with van der Waals surface area (Å²) in [4.78, 5) is 36.5. The molecule has 0 aromatic heterocycles. The molecule has 0 spiro atoms. The third kappa shape index (κ3) is 6.90. The van der Waals surface area contributed by atoms with Crippen LogP contribution in [0, 0.1) is 5.82 Å². The lowest BCUT2D eigenvalue weighted by atomic mass is 10.1.